The first-order valence-corrected chi connectivity index (χ1v) is 7.66. The predicted octanol–water partition coefficient (Wildman–Crippen LogP) is 1.73. The van der Waals surface area contributed by atoms with Gasteiger partial charge in [0.05, 0.1) is 6.54 Å². The molecule has 1 amide bonds. The summed E-state index contributed by atoms with van der Waals surface area (Å²) in [6.07, 6.45) is 3.73. The molecular formula is C13H20BrN5O. The van der Waals surface area contributed by atoms with Gasteiger partial charge in [0.25, 0.3) is 0 Å². The summed E-state index contributed by atoms with van der Waals surface area (Å²) in [5.41, 5.74) is 0. The first-order valence-electron chi connectivity index (χ1n) is 6.86. The lowest BCUT2D eigenvalue weighted by atomic mass is 10.4. The number of aromatic nitrogens is 2. The highest BCUT2D eigenvalue weighted by Gasteiger charge is 2.21. The van der Waals surface area contributed by atoms with E-state index in [4.69, 9.17) is 0 Å². The third-order valence-corrected chi connectivity index (χ3v) is 4.04. The van der Waals surface area contributed by atoms with E-state index in [-0.39, 0.29) is 5.91 Å². The van der Waals surface area contributed by atoms with Crippen LogP contribution in [0.2, 0.25) is 0 Å². The van der Waals surface area contributed by atoms with Crippen LogP contribution in [0, 0.1) is 0 Å². The van der Waals surface area contributed by atoms with Gasteiger partial charge < -0.3 is 15.1 Å². The van der Waals surface area contributed by atoms with E-state index in [1.165, 1.54) is 6.33 Å². The fourth-order valence-electron chi connectivity index (χ4n) is 2.26. The van der Waals surface area contributed by atoms with E-state index in [9.17, 15) is 4.79 Å². The van der Waals surface area contributed by atoms with Gasteiger partial charge in [0.2, 0.25) is 5.91 Å². The number of carbonyl (C=O) groups excluding carboxylic acids is 1. The Morgan fingerprint density at radius 2 is 2.15 bits per heavy atom. The van der Waals surface area contributed by atoms with Crippen molar-refractivity contribution >= 4 is 33.5 Å². The van der Waals surface area contributed by atoms with Crippen LogP contribution < -0.4 is 10.2 Å². The van der Waals surface area contributed by atoms with E-state index in [1.807, 2.05) is 23.8 Å². The maximum absolute atomic E-state index is 12.2. The number of nitrogens with zero attached hydrogens (tertiary/aromatic N) is 4. The van der Waals surface area contributed by atoms with Crippen molar-refractivity contribution in [2.75, 3.05) is 43.4 Å². The van der Waals surface area contributed by atoms with Crippen LogP contribution in [-0.2, 0) is 4.79 Å². The van der Waals surface area contributed by atoms with E-state index >= 15 is 0 Å². The van der Waals surface area contributed by atoms with Gasteiger partial charge in [-0.1, -0.05) is 0 Å². The lowest BCUT2D eigenvalue weighted by molar-refractivity contribution is -0.128. The van der Waals surface area contributed by atoms with Gasteiger partial charge in [-0.2, -0.15) is 0 Å². The minimum absolute atomic E-state index is 0.153. The number of likely N-dealkylation sites (N-methyl/N-ethyl adjacent to an activating group) is 1. The van der Waals surface area contributed by atoms with E-state index in [0.29, 0.717) is 6.54 Å². The Morgan fingerprint density at radius 1 is 1.45 bits per heavy atom. The molecule has 1 saturated heterocycles. The quantitative estimate of drug-likeness (QED) is 0.883. The summed E-state index contributed by atoms with van der Waals surface area (Å²) >= 11 is 3.50. The Morgan fingerprint density at radius 3 is 2.80 bits per heavy atom. The van der Waals surface area contributed by atoms with E-state index in [1.54, 1.807) is 0 Å². The molecule has 1 aliphatic rings. The van der Waals surface area contributed by atoms with Crippen molar-refractivity contribution in [2.24, 2.45) is 0 Å². The number of nitrogens with one attached hydrogen (secondary N) is 1. The molecule has 110 valence electrons. The molecule has 2 rings (SSSR count). The number of amides is 1. The molecule has 1 aromatic rings. The Labute approximate surface area is 127 Å². The van der Waals surface area contributed by atoms with Crippen LogP contribution in [0.1, 0.15) is 19.8 Å². The summed E-state index contributed by atoms with van der Waals surface area (Å²) in [5, 5.41) is 3.16. The van der Waals surface area contributed by atoms with Gasteiger partial charge in [0.1, 0.15) is 22.4 Å². The zero-order valence-corrected chi connectivity index (χ0v) is 13.5. The van der Waals surface area contributed by atoms with Gasteiger partial charge in [0.15, 0.2) is 0 Å². The van der Waals surface area contributed by atoms with Gasteiger partial charge in [-0.25, -0.2) is 9.97 Å². The molecule has 7 heteroatoms. The molecule has 0 unspecified atom stereocenters. The van der Waals surface area contributed by atoms with Gasteiger partial charge in [-0.3, -0.25) is 4.79 Å². The minimum Gasteiger partial charge on any atom is -0.369 e. The number of hydrogen-bond acceptors (Lipinski definition) is 5. The molecule has 0 saturated carbocycles. The molecule has 20 heavy (non-hydrogen) atoms. The van der Waals surface area contributed by atoms with Crippen molar-refractivity contribution in [1.29, 1.82) is 0 Å². The molecule has 1 N–H and O–H groups in total. The van der Waals surface area contributed by atoms with Crippen molar-refractivity contribution in [3.63, 3.8) is 0 Å². The van der Waals surface area contributed by atoms with Crippen LogP contribution in [-0.4, -0.2) is 54.0 Å². The topological polar surface area (TPSA) is 61.4 Å². The summed E-state index contributed by atoms with van der Waals surface area (Å²) in [6.45, 7) is 4.88. The molecule has 0 aliphatic carbocycles. The molecule has 1 aliphatic heterocycles. The molecule has 0 aromatic carbocycles. The average molecular weight is 342 g/mol. The number of hydrogen-bond donors (Lipinski definition) is 1. The van der Waals surface area contributed by atoms with Gasteiger partial charge in [-0.15, -0.1) is 0 Å². The first-order chi connectivity index (χ1) is 9.63. The second-order valence-electron chi connectivity index (χ2n) is 4.83. The van der Waals surface area contributed by atoms with Crippen molar-refractivity contribution < 1.29 is 4.79 Å². The second kappa shape index (κ2) is 6.88. The van der Waals surface area contributed by atoms with Crippen LogP contribution in [0.4, 0.5) is 11.6 Å². The fourth-order valence-corrected chi connectivity index (χ4v) is 2.91. The minimum atomic E-state index is 0.153. The molecule has 6 nitrogen and oxygen atoms in total. The van der Waals surface area contributed by atoms with Crippen LogP contribution in [0.25, 0.3) is 0 Å². The van der Waals surface area contributed by atoms with Gasteiger partial charge in [-0.05, 0) is 35.7 Å². The van der Waals surface area contributed by atoms with Crippen molar-refractivity contribution in [3.8, 4) is 0 Å². The van der Waals surface area contributed by atoms with Crippen LogP contribution in [0.15, 0.2) is 10.8 Å². The van der Waals surface area contributed by atoms with Crippen LogP contribution >= 0.6 is 15.9 Å². The number of anilines is 2. The second-order valence-corrected chi connectivity index (χ2v) is 5.63. The molecule has 1 aromatic heterocycles. The predicted molar refractivity (Wildman–Crippen MR) is 83.0 cm³/mol. The largest absolute Gasteiger partial charge is 0.369 e. The summed E-state index contributed by atoms with van der Waals surface area (Å²) in [7, 11) is 1.87. The summed E-state index contributed by atoms with van der Waals surface area (Å²) in [5.74, 6) is 1.63. The molecule has 2 heterocycles. The van der Waals surface area contributed by atoms with E-state index in [0.717, 1.165) is 48.6 Å². The molecule has 0 radical (unpaired) electrons. The van der Waals surface area contributed by atoms with Crippen molar-refractivity contribution in [3.05, 3.63) is 10.8 Å². The number of rotatable bonds is 5. The summed E-state index contributed by atoms with van der Waals surface area (Å²) < 4.78 is 0.790. The highest BCUT2D eigenvalue weighted by atomic mass is 79.9. The third-order valence-electron chi connectivity index (χ3n) is 3.31. The van der Waals surface area contributed by atoms with Crippen LogP contribution in [0.5, 0.6) is 0 Å². The average Bonchev–Trinajstić information content (AvgIpc) is 2.95. The molecule has 0 spiro atoms. The highest BCUT2D eigenvalue weighted by molar-refractivity contribution is 9.10. The standard InChI is InChI=1S/C13H20BrN5O/c1-3-15-12-11(14)13(17-9-16-12)18(2)8-10(20)19-6-4-5-7-19/h9H,3-8H2,1-2H3,(H,15,16,17). The SMILES string of the molecule is CCNc1ncnc(N(C)CC(=O)N2CCCC2)c1Br. The van der Waals surface area contributed by atoms with E-state index < -0.39 is 0 Å². The normalized spacial score (nSPS) is 14.4. The Balaban J connectivity index is 2.06. The third kappa shape index (κ3) is 3.39. The zero-order chi connectivity index (χ0) is 14.5. The summed E-state index contributed by atoms with van der Waals surface area (Å²) in [6, 6.07) is 0. The van der Waals surface area contributed by atoms with Crippen LogP contribution in [0.3, 0.4) is 0 Å². The van der Waals surface area contributed by atoms with Crippen molar-refractivity contribution in [1.82, 2.24) is 14.9 Å². The lowest BCUT2D eigenvalue weighted by Gasteiger charge is -2.23. The number of likely N-dealkylation sites (tertiary alicyclic amines) is 1. The maximum Gasteiger partial charge on any atom is 0.242 e. The Kier molecular flexibility index (Phi) is 5.17. The number of halogens is 1. The van der Waals surface area contributed by atoms with E-state index in [2.05, 4.69) is 31.2 Å². The first kappa shape index (κ1) is 15.0. The monoisotopic (exact) mass is 341 g/mol. The summed E-state index contributed by atoms with van der Waals surface area (Å²) in [4.78, 5) is 24.4. The zero-order valence-electron chi connectivity index (χ0n) is 11.9. The molecule has 0 atom stereocenters. The van der Waals surface area contributed by atoms with Gasteiger partial charge >= 0.3 is 0 Å². The van der Waals surface area contributed by atoms with Gasteiger partial charge in [0, 0.05) is 26.7 Å². The lowest BCUT2D eigenvalue weighted by Crippen LogP contribution is -2.37. The maximum atomic E-state index is 12.2. The molecule has 1 fully saturated rings. The smallest absolute Gasteiger partial charge is 0.242 e. The Bertz CT molecular complexity index is 476. The number of carbonyl (C=O) groups is 1. The highest BCUT2D eigenvalue weighted by Crippen LogP contribution is 2.28. The molecular weight excluding hydrogens is 322 g/mol. The fraction of sp³-hybridized carbons (Fsp3) is 0.615. The molecule has 0 bridgehead atoms. The van der Waals surface area contributed by atoms with Crippen molar-refractivity contribution in [2.45, 2.75) is 19.8 Å². The Hall–Kier alpha value is -1.37.